The van der Waals surface area contributed by atoms with Crippen molar-refractivity contribution in [2.75, 3.05) is 5.73 Å². The maximum Gasteiger partial charge on any atom is 0.0886 e. The predicted octanol–water partition coefficient (Wildman–Crippen LogP) is 2.03. The van der Waals surface area contributed by atoms with Gasteiger partial charge in [0.15, 0.2) is 0 Å². The molecule has 1 aromatic heterocycles. The highest BCUT2D eigenvalue weighted by Crippen LogP contribution is 2.20. The van der Waals surface area contributed by atoms with Crippen LogP contribution in [0.5, 0.6) is 0 Å². The summed E-state index contributed by atoms with van der Waals surface area (Å²) in [5.41, 5.74) is 9.49. The maximum atomic E-state index is 5.75. The van der Waals surface area contributed by atoms with Gasteiger partial charge in [0.05, 0.1) is 11.9 Å². The van der Waals surface area contributed by atoms with Crippen molar-refractivity contribution in [1.29, 1.82) is 0 Å². The number of anilines is 1. The zero-order valence-electron chi connectivity index (χ0n) is 7.94. The lowest BCUT2D eigenvalue weighted by molar-refractivity contribution is 1.20. The molecule has 3 nitrogen and oxygen atoms in total. The summed E-state index contributed by atoms with van der Waals surface area (Å²) in [6.45, 7) is 2.01. The number of nitrogens with zero attached hydrogens (tertiary/aromatic N) is 2. The zero-order valence-corrected chi connectivity index (χ0v) is 7.94. The smallest absolute Gasteiger partial charge is 0.0886 e. The van der Waals surface area contributed by atoms with Gasteiger partial charge in [0.2, 0.25) is 0 Å². The van der Waals surface area contributed by atoms with Gasteiger partial charge in [-0.3, -0.25) is 9.97 Å². The van der Waals surface area contributed by atoms with Crippen molar-refractivity contribution in [3.8, 4) is 11.3 Å². The molecule has 1 aromatic carbocycles. The van der Waals surface area contributed by atoms with Gasteiger partial charge in [0.1, 0.15) is 0 Å². The maximum absolute atomic E-state index is 5.75. The number of nitrogens with two attached hydrogens (primary N) is 1. The predicted molar refractivity (Wildman–Crippen MR) is 56.6 cm³/mol. The van der Waals surface area contributed by atoms with E-state index in [0.29, 0.717) is 0 Å². The molecule has 2 rings (SSSR count). The first-order valence-corrected chi connectivity index (χ1v) is 4.39. The molecule has 0 aliphatic heterocycles. The van der Waals surface area contributed by atoms with E-state index in [2.05, 4.69) is 9.97 Å². The quantitative estimate of drug-likeness (QED) is 0.691. The molecule has 14 heavy (non-hydrogen) atoms. The average molecular weight is 185 g/mol. The molecular weight excluding hydrogens is 174 g/mol. The first kappa shape index (κ1) is 8.69. The van der Waals surface area contributed by atoms with E-state index >= 15 is 0 Å². The average Bonchev–Trinajstić information content (AvgIpc) is 2.18. The lowest BCUT2D eigenvalue weighted by Gasteiger charge is -2.03. The van der Waals surface area contributed by atoms with Crippen molar-refractivity contribution in [2.45, 2.75) is 6.92 Å². The summed E-state index contributed by atoms with van der Waals surface area (Å²) in [7, 11) is 0. The zero-order chi connectivity index (χ0) is 9.97. The molecule has 0 spiro atoms. The minimum absolute atomic E-state index is 0.755. The molecular formula is C11H11N3. The summed E-state index contributed by atoms with van der Waals surface area (Å²) in [6.07, 6.45) is 5.06. The summed E-state index contributed by atoms with van der Waals surface area (Å²) in [6, 6.07) is 5.87. The number of rotatable bonds is 1. The number of hydrogen-bond donors (Lipinski definition) is 1. The Morgan fingerprint density at radius 1 is 1.14 bits per heavy atom. The SMILES string of the molecule is Cc1cc(N)cc(-c2cnccn2)c1. The van der Waals surface area contributed by atoms with Crippen LogP contribution in [0.4, 0.5) is 5.69 Å². The topological polar surface area (TPSA) is 51.8 Å². The van der Waals surface area contributed by atoms with Crippen LogP contribution >= 0.6 is 0 Å². The monoisotopic (exact) mass is 185 g/mol. The molecule has 0 unspecified atom stereocenters. The van der Waals surface area contributed by atoms with Crippen molar-refractivity contribution < 1.29 is 0 Å². The first-order valence-electron chi connectivity index (χ1n) is 4.39. The summed E-state index contributed by atoms with van der Waals surface area (Å²) in [5, 5.41) is 0. The largest absolute Gasteiger partial charge is 0.399 e. The van der Waals surface area contributed by atoms with Gasteiger partial charge in [-0.05, 0) is 30.7 Å². The number of hydrogen-bond acceptors (Lipinski definition) is 3. The van der Waals surface area contributed by atoms with E-state index in [1.165, 1.54) is 0 Å². The van der Waals surface area contributed by atoms with Crippen LogP contribution in [0.25, 0.3) is 11.3 Å². The van der Waals surface area contributed by atoms with E-state index in [9.17, 15) is 0 Å². The minimum Gasteiger partial charge on any atom is -0.399 e. The van der Waals surface area contributed by atoms with Crippen molar-refractivity contribution in [2.24, 2.45) is 0 Å². The van der Waals surface area contributed by atoms with E-state index in [0.717, 1.165) is 22.5 Å². The van der Waals surface area contributed by atoms with Gasteiger partial charge in [-0.2, -0.15) is 0 Å². The lowest BCUT2D eigenvalue weighted by Crippen LogP contribution is -1.89. The summed E-state index contributed by atoms with van der Waals surface area (Å²) < 4.78 is 0. The highest BCUT2D eigenvalue weighted by atomic mass is 14.8. The van der Waals surface area contributed by atoms with Gasteiger partial charge in [-0.1, -0.05) is 0 Å². The molecule has 2 aromatic rings. The van der Waals surface area contributed by atoms with Crippen LogP contribution in [0.2, 0.25) is 0 Å². The molecule has 0 saturated carbocycles. The van der Waals surface area contributed by atoms with Crippen LogP contribution in [0.15, 0.2) is 36.8 Å². The van der Waals surface area contributed by atoms with E-state index in [1.54, 1.807) is 18.6 Å². The Morgan fingerprint density at radius 2 is 2.00 bits per heavy atom. The number of benzene rings is 1. The van der Waals surface area contributed by atoms with Gasteiger partial charge in [-0.15, -0.1) is 0 Å². The van der Waals surface area contributed by atoms with E-state index < -0.39 is 0 Å². The third-order valence-corrected chi connectivity index (χ3v) is 1.96. The van der Waals surface area contributed by atoms with E-state index in [4.69, 9.17) is 5.73 Å². The highest BCUT2D eigenvalue weighted by molar-refractivity contribution is 5.64. The Balaban J connectivity index is 2.52. The Morgan fingerprint density at radius 3 is 2.64 bits per heavy atom. The van der Waals surface area contributed by atoms with Crippen LogP contribution in [0, 0.1) is 6.92 Å². The van der Waals surface area contributed by atoms with Crippen molar-refractivity contribution in [3.05, 3.63) is 42.4 Å². The molecule has 0 bridgehead atoms. The van der Waals surface area contributed by atoms with Gasteiger partial charge >= 0.3 is 0 Å². The van der Waals surface area contributed by atoms with Gasteiger partial charge in [0, 0.05) is 23.6 Å². The van der Waals surface area contributed by atoms with Gasteiger partial charge in [0.25, 0.3) is 0 Å². The van der Waals surface area contributed by atoms with Crippen molar-refractivity contribution in [3.63, 3.8) is 0 Å². The molecule has 3 heteroatoms. The first-order chi connectivity index (χ1) is 6.75. The van der Waals surface area contributed by atoms with Crippen LogP contribution < -0.4 is 5.73 Å². The van der Waals surface area contributed by atoms with Crippen LogP contribution in [0.1, 0.15) is 5.56 Å². The fourth-order valence-electron chi connectivity index (χ4n) is 1.41. The fourth-order valence-corrected chi connectivity index (χ4v) is 1.41. The van der Waals surface area contributed by atoms with Crippen molar-refractivity contribution in [1.82, 2.24) is 9.97 Å². The molecule has 0 aliphatic carbocycles. The summed E-state index contributed by atoms with van der Waals surface area (Å²) >= 11 is 0. The van der Waals surface area contributed by atoms with Crippen LogP contribution in [-0.4, -0.2) is 9.97 Å². The standard InChI is InChI=1S/C11H11N3/c1-8-4-9(6-10(12)5-8)11-7-13-2-3-14-11/h2-7H,12H2,1H3. The minimum atomic E-state index is 0.755. The molecule has 0 aliphatic rings. The van der Waals surface area contributed by atoms with E-state index in [-0.39, 0.29) is 0 Å². The molecule has 0 amide bonds. The normalized spacial score (nSPS) is 10.1. The Labute approximate surface area is 82.6 Å². The second kappa shape index (κ2) is 3.46. The van der Waals surface area contributed by atoms with Crippen molar-refractivity contribution >= 4 is 5.69 Å². The Kier molecular flexibility index (Phi) is 2.14. The van der Waals surface area contributed by atoms with Crippen LogP contribution in [-0.2, 0) is 0 Å². The molecule has 0 radical (unpaired) electrons. The number of nitrogen functional groups attached to an aromatic ring is 1. The van der Waals surface area contributed by atoms with Gasteiger partial charge < -0.3 is 5.73 Å². The summed E-state index contributed by atoms with van der Waals surface area (Å²) in [4.78, 5) is 8.23. The lowest BCUT2D eigenvalue weighted by atomic mass is 10.1. The van der Waals surface area contributed by atoms with Crippen LogP contribution in [0.3, 0.4) is 0 Å². The third kappa shape index (κ3) is 1.71. The summed E-state index contributed by atoms with van der Waals surface area (Å²) in [5.74, 6) is 0. The third-order valence-electron chi connectivity index (χ3n) is 1.96. The highest BCUT2D eigenvalue weighted by Gasteiger charge is 2.00. The number of aryl methyl sites for hydroxylation is 1. The fraction of sp³-hybridized carbons (Fsp3) is 0.0909. The molecule has 0 fully saturated rings. The van der Waals surface area contributed by atoms with E-state index in [1.807, 2.05) is 25.1 Å². The molecule has 0 saturated heterocycles. The second-order valence-corrected chi connectivity index (χ2v) is 3.22. The molecule has 2 N–H and O–H groups in total. The second-order valence-electron chi connectivity index (χ2n) is 3.22. The number of aromatic nitrogens is 2. The Hall–Kier alpha value is -1.90. The molecule has 0 atom stereocenters. The van der Waals surface area contributed by atoms with Gasteiger partial charge in [-0.25, -0.2) is 0 Å². The molecule has 1 heterocycles. The Bertz CT molecular complexity index is 417. The molecule has 70 valence electrons.